The largest absolute Gasteiger partial charge is 0.391 e. The molecule has 0 aliphatic rings. The van der Waals surface area contributed by atoms with Crippen molar-refractivity contribution in [2.24, 2.45) is 5.73 Å². The molecule has 0 saturated carbocycles. The first-order valence-corrected chi connectivity index (χ1v) is 4.11. The van der Waals surface area contributed by atoms with E-state index in [-0.39, 0.29) is 19.6 Å². The smallest absolute Gasteiger partial charge is 0.381 e. The van der Waals surface area contributed by atoms with Crippen molar-refractivity contribution in [3.8, 4) is 6.07 Å². The number of hydrogen-bond donors (Lipinski definition) is 1. The third-order valence-electron chi connectivity index (χ3n) is 1.55. The summed E-state index contributed by atoms with van der Waals surface area (Å²) >= 11 is 0. The molecule has 0 amide bonds. The van der Waals surface area contributed by atoms with E-state index in [1.807, 2.05) is 6.07 Å². The second kappa shape index (κ2) is 5.17. The van der Waals surface area contributed by atoms with Crippen LogP contribution >= 0.6 is 0 Å². The fourth-order valence-electron chi connectivity index (χ4n) is 0.630. The number of nitriles is 1. The summed E-state index contributed by atoms with van der Waals surface area (Å²) in [6, 6.07) is 1.82. The molecular weight excluding hydrogens is 197 g/mol. The van der Waals surface area contributed by atoms with Gasteiger partial charge in [0.2, 0.25) is 0 Å². The van der Waals surface area contributed by atoms with Crippen LogP contribution in [0.15, 0.2) is 0 Å². The van der Waals surface area contributed by atoms with Crippen molar-refractivity contribution in [2.75, 3.05) is 13.2 Å². The third-order valence-corrected chi connectivity index (χ3v) is 1.55. The molecule has 6 heteroatoms. The van der Waals surface area contributed by atoms with Crippen molar-refractivity contribution in [2.45, 2.75) is 31.5 Å². The molecule has 0 radical (unpaired) electrons. The van der Waals surface area contributed by atoms with Gasteiger partial charge in [-0.25, -0.2) is 0 Å². The summed E-state index contributed by atoms with van der Waals surface area (Å²) in [5.74, 6) is 0. The molecule has 14 heavy (non-hydrogen) atoms. The second-order valence-electron chi connectivity index (χ2n) is 3.26. The maximum Gasteiger partial charge on any atom is 0.391 e. The first kappa shape index (κ1) is 13.2. The molecule has 0 fully saturated rings. The third kappa shape index (κ3) is 7.83. The summed E-state index contributed by atoms with van der Waals surface area (Å²) in [5, 5.41) is 8.47. The molecule has 82 valence electrons. The molecule has 0 aromatic rings. The molecule has 1 unspecified atom stereocenters. The van der Waals surface area contributed by atoms with E-state index in [1.54, 1.807) is 0 Å². The van der Waals surface area contributed by atoms with Crippen LogP contribution in [0.25, 0.3) is 0 Å². The molecule has 0 bridgehead atoms. The Morgan fingerprint density at radius 2 is 1.79 bits per heavy atom. The van der Waals surface area contributed by atoms with Gasteiger partial charge >= 0.3 is 6.18 Å². The molecule has 0 heterocycles. The molecule has 0 aliphatic heterocycles. The SMILES string of the molecule is CC(N)(C#N)CCOCCC(F)(F)F. The Balaban J connectivity index is 3.45. The van der Waals surface area contributed by atoms with E-state index in [0.717, 1.165) is 0 Å². The van der Waals surface area contributed by atoms with E-state index in [1.165, 1.54) is 6.92 Å². The minimum atomic E-state index is -4.19. The Kier molecular flexibility index (Phi) is 4.88. The van der Waals surface area contributed by atoms with Crippen molar-refractivity contribution in [1.29, 1.82) is 5.26 Å². The molecule has 0 rings (SSSR count). The lowest BCUT2D eigenvalue weighted by Gasteiger charge is -2.14. The minimum absolute atomic E-state index is 0.0661. The molecule has 1 atom stereocenters. The van der Waals surface area contributed by atoms with Gasteiger partial charge in [0.15, 0.2) is 0 Å². The topological polar surface area (TPSA) is 59.0 Å². The lowest BCUT2D eigenvalue weighted by atomic mass is 10.0. The molecule has 0 aromatic carbocycles. The van der Waals surface area contributed by atoms with Crippen molar-refractivity contribution >= 4 is 0 Å². The van der Waals surface area contributed by atoms with Gasteiger partial charge in [0.1, 0.15) is 5.54 Å². The van der Waals surface area contributed by atoms with Crippen LogP contribution in [0.3, 0.4) is 0 Å². The number of halogens is 3. The van der Waals surface area contributed by atoms with Gasteiger partial charge in [0, 0.05) is 13.0 Å². The fourth-order valence-corrected chi connectivity index (χ4v) is 0.630. The van der Waals surface area contributed by atoms with E-state index in [0.29, 0.717) is 0 Å². The van der Waals surface area contributed by atoms with Gasteiger partial charge in [-0.1, -0.05) is 0 Å². The number of nitrogens with two attached hydrogens (primary N) is 1. The Bertz CT molecular complexity index is 208. The monoisotopic (exact) mass is 210 g/mol. The van der Waals surface area contributed by atoms with Gasteiger partial charge in [-0.3, -0.25) is 0 Å². The fraction of sp³-hybridized carbons (Fsp3) is 0.875. The Morgan fingerprint density at radius 3 is 2.21 bits per heavy atom. The Labute approximate surface area is 80.6 Å². The van der Waals surface area contributed by atoms with Crippen LogP contribution < -0.4 is 5.73 Å². The van der Waals surface area contributed by atoms with Crippen LogP contribution in [0.5, 0.6) is 0 Å². The lowest BCUT2D eigenvalue weighted by molar-refractivity contribution is -0.145. The van der Waals surface area contributed by atoms with Crippen LogP contribution in [0.4, 0.5) is 13.2 Å². The number of rotatable bonds is 5. The number of ether oxygens (including phenoxy) is 1. The summed E-state index contributed by atoms with van der Waals surface area (Å²) in [6.45, 7) is 1.18. The number of alkyl halides is 3. The Morgan fingerprint density at radius 1 is 1.29 bits per heavy atom. The average Bonchev–Trinajstić information content (AvgIpc) is 2.01. The normalized spacial score (nSPS) is 16.0. The summed E-state index contributed by atoms with van der Waals surface area (Å²) in [7, 11) is 0. The molecule has 2 N–H and O–H groups in total. The van der Waals surface area contributed by atoms with E-state index in [2.05, 4.69) is 0 Å². The van der Waals surface area contributed by atoms with Crippen molar-refractivity contribution in [1.82, 2.24) is 0 Å². The van der Waals surface area contributed by atoms with Crippen molar-refractivity contribution < 1.29 is 17.9 Å². The van der Waals surface area contributed by atoms with Crippen molar-refractivity contribution in [3.63, 3.8) is 0 Å². The maximum absolute atomic E-state index is 11.6. The molecular formula is C8H13F3N2O. The molecule has 0 aliphatic carbocycles. The molecule has 0 saturated heterocycles. The summed E-state index contributed by atoms with van der Waals surface area (Å²) in [6.07, 6.45) is -4.94. The van der Waals surface area contributed by atoms with Crippen LogP contribution in [0.1, 0.15) is 19.8 Å². The van der Waals surface area contributed by atoms with Gasteiger partial charge < -0.3 is 10.5 Å². The van der Waals surface area contributed by atoms with Crippen molar-refractivity contribution in [3.05, 3.63) is 0 Å². The number of hydrogen-bond acceptors (Lipinski definition) is 3. The molecule has 3 nitrogen and oxygen atoms in total. The van der Waals surface area contributed by atoms with E-state index >= 15 is 0 Å². The maximum atomic E-state index is 11.6. The zero-order valence-electron chi connectivity index (χ0n) is 7.90. The summed E-state index contributed by atoms with van der Waals surface area (Å²) < 4.78 is 39.6. The van der Waals surface area contributed by atoms with Gasteiger partial charge in [-0.2, -0.15) is 18.4 Å². The second-order valence-corrected chi connectivity index (χ2v) is 3.26. The summed E-state index contributed by atoms with van der Waals surface area (Å²) in [5.41, 5.74) is 4.39. The standard InChI is InChI=1S/C8H13F3N2O/c1-7(13,6-12)2-4-14-5-3-8(9,10)11/h2-5,13H2,1H3. The predicted octanol–water partition coefficient (Wildman–Crippen LogP) is 1.59. The summed E-state index contributed by atoms with van der Waals surface area (Å²) in [4.78, 5) is 0. The highest BCUT2D eigenvalue weighted by Gasteiger charge is 2.26. The first-order chi connectivity index (χ1) is 6.27. The Hall–Kier alpha value is -0.800. The van der Waals surface area contributed by atoms with E-state index in [4.69, 9.17) is 15.7 Å². The van der Waals surface area contributed by atoms with Crippen LogP contribution in [0.2, 0.25) is 0 Å². The van der Waals surface area contributed by atoms with Gasteiger partial charge in [-0.15, -0.1) is 0 Å². The quantitative estimate of drug-likeness (QED) is 0.701. The van der Waals surface area contributed by atoms with Gasteiger partial charge in [0.05, 0.1) is 19.1 Å². The minimum Gasteiger partial charge on any atom is -0.381 e. The highest BCUT2D eigenvalue weighted by Crippen LogP contribution is 2.19. The predicted molar refractivity (Wildman–Crippen MR) is 44.3 cm³/mol. The lowest BCUT2D eigenvalue weighted by Crippen LogP contribution is -2.35. The van der Waals surface area contributed by atoms with Gasteiger partial charge in [0.25, 0.3) is 0 Å². The average molecular weight is 210 g/mol. The zero-order valence-corrected chi connectivity index (χ0v) is 7.90. The molecule has 0 aromatic heterocycles. The van der Waals surface area contributed by atoms with Crippen LogP contribution in [-0.2, 0) is 4.74 Å². The van der Waals surface area contributed by atoms with E-state index in [9.17, 15) is 13.2 Å². The van der Waals surface area contributed by atoms with Gasteiger partial charge in [-0.05, 0) is 6.92 Å². The van der Waals surface area contributed by atoms with Crippen LogP contribution in [0, 0.1) is 11.3 Å². The van der Waals surface area contributed by atoms with Crippen LogP contribution in [-0.4, -0.2) is 24.9 Å². The van der Waals surface area contributed by atoms with E-state index < -0.39 is 18.1 Å². The molecule has 0 spiro atoms. The number of nitrogens with zero attached hydrogens (tertiary/aromatic N) is 1. The zero-order chi connectivity index (χ0) is 11.2. The highest BCUT2D eigenvalue weighted by atomic mass is 19.4. The first-order valence-electron chi connectivity index (χ1n) is 4.11. The highest BCUT2D eigenvalue weighted by molar-refractivity contribution is 5.00.